The van der Waals surface area contributed by atoms with Crippen LogP contribution in [0.1, 0.15) is 34.6 Å². The maximum Gasteiger partial charge on any atom is 0.303 e. The normalized spacial score (nSPS) is 14.7. The second-order valence-corrected chi connectivity index (χ2v) is 6.01. The Kier molecular flexibility index (Phi) is 12.3. The number of methoxy groups -OCH3 is 2. The number of esters is 5. The summed E-state index contributed by atoms with van der Waals surface area (Å²) in [4.78, 5) is 58.0. The van der Waals surface area contributed by atoms with E-state index in [9.17, 15) is 24.0 Å². The Morgan fingerprint density at radius 2 is 0.967 bits per heavy atom. The van der Waals surface area contributed by atoms with E-state index in [0.29, 0.717) is 0 Å². The molecule has 12 heteroatoms. The number of ether oxygens (including phenoxy) is 7. The zero-order chi connectivity index (χ0) is 23.4. The highest BCUT2D eigenvalue weighted by Crippen LogP contribution is 2.23. The van der Waals surface area contributed by atoms with Crippen LogP contribution in [-0.4, -0.2) is 81.4 Å². The lowest BCUT2D eigenvalue weighted by Crippen LogP contribution is -2.56. The summed E-state index contributed by atoms with van der Waals surface area (Å²) in [5, 5.41) is 0. The van der Waals surface area contributed by atoms with Crippen LogP contribution in [0, 0.1) is 0 Å². The molecule has 0 spiro atoms. The van der Waals surface area contributed by atoms with Gasteiger partial charge in [-0.1, -0.05) is 0 Å². The molecule has 0 aromatic heterocycles. The fraction of sp³-hybridized carbons (Fsp3) is 0.722. The van der Waals surface area contributed by atoms with Gasteiger partial charge in [0.05, 0.1) is 0 Å². The fourth-order valence-corrected chi connectivity index (χ4v) is 2.50. The second kappa shape index (κ2) is 13.5. The standard InChI is InChI=1S/C18H28O12/c1-9(19)26-8-14(27-10(2)20)15(28-11(3)21)16(29-12(4)22)17(30-13(5)23)18(24-6)25-7/h14-18H,8H2,1-7H3. The molecular formula is C18H28O12. The number of rotatable bonds is 12. The molecule has 0 radical (unpaired) electrons. The molecule has 0 aliphatic rings. The van der Waals surface area contributed by atoms with E-state index in [1.807, 2.05) is 0 Å². The van der Waals surface area contributed by atoms with E-state index in [1.54, 1.807) is 0 Å². The average Bonchev–Trinajstić information content (AvgIpc) is 2.60. The SMILES string of the molecule is COC(OC)C(OC(C)=O)C(OC(C)=O)C(OC(C)=O)C(COC(C)=O)OC(C)=O. The van der Waals surface area contributed by atoms with Gasteiger partial charge in [-0.2, -0.15) is 0 Å². The van der Waals surface area contributed by atoms with Crippen molar-refractivity contribution in [2.24, 2.45) is 0 Å². The van der Waals surface area contributed by atoms with Gasteiger partial charge in [-0.05, 0) is 0 Å². The largest absolute Gasteiger partial charge is 0.462 e. The predicted octanol–water partition coefficient (Wildman–Crippen LogP) is -0.105. The Morgan fingerprint density at radius 1 is 0.567 bits per heavy atom. The molecule has 30 heavy (non-hydrogen) atoms. The summed E-state index contributed by atoms with van der Waals surface area (Å²) < 4.78 is 35.9. The fourth-order valence-electron chi connectivity index (χ4n) is 2.50. The molecule has 0 aliphatic heterocycles. The molecule has 0 N–H and O–H groups in total. The van der Waals surface area contributed by atoms with Crippen LogP contribution < -0.4 is 0 Å². The molecule has 4 atom stereocenters. The van der Waals surface area contributed by atoms with Crippen molar-refractivity contribution in [2.45, 2.75) is 65.3 Å². The van der Waals surface area contributed by atoms with Gasteiger partial charge in [0.2, 0.25) is 0 Å². The Bertz CT molecular complexity index is 612. The molecule has 12 nitrogen and oxygen atoms in total. The van der Waals surface area contributed by atoms with Gasteiger partial charge in [-0.3, -0.25) is 24.0 Å². The molecule has 172 valence electrons. The summed E-state index contributed by atoms with van der Waals surface area (Å²) in [5.74, 6) is -3.98. The van der Waals surface area contributed by atoms with Crippen LogP contribution in [0.5, 0.6) is 0 Å². The van der Waals surface area contributed by atoms with E-state index in [0.717, 1.165) is 34.6 Å². The van der Waals surface area contributed by atoms with Crippen LogP contribution in [-0.2, 0) is 57.1 Å². The van der Waals surface area contributed by atoms with Crippen molar-refractivity contribution >= 4 is 29.8 Å². The smallest absolute Gasteiger partial charge is 0.303 e. The minimum absolute atomic E-state index is 0.540. The average molecular weight is 436 g/mol. The van der Waals surface area contributed by atoms with Crippen LogP contribution in [0.15, 0.2) is 0 Å². The van der Waals surface area contributed by atoms with E-state index in [1.165, 1.54) is 14.2 Å². The minimum Gasteiger partial charge on any atom is -0.462 e. The molecule has 0 bridgehead atoms. The molecule has 0 aromatic carbocycles. The first-order chi connectivity index (χ1) is 13.9. The van der Waals surface area contributed by atoms with Crippen LogP contribution in [0.2, 0.25) is 0 Å². The van der Waals surface area contributed by atoms with Crippen molar-refractivity contribution in [3.8, 4) is 0 Å². The summed E-state index contributed by atoms with van der Waals surface area (Å²) in [6.07, 6.45) is -7.22. The van der Waals surface area contributed by atoms with Gasteiger partial charge in [0.1, 0.15) is 6.61 Å². The Balaban J connectivity index is 6.37. The van der Waals surface area contributed by atoms with Gasteiger partial charge in [-0.25, -0.2) is 0 Å². The Morgan fingerprint density at radius 3 is 1.33 bits per heavy atom. The van der Waals surface area contributed by atoms with Crippen molar-refractivity contribution in [3.05, 3.63) is 0 Å². The zero-order valence-electron chi connectivity index (χ0n) is 18.0. The van der Waals surface area contributed by atoms with E-state index in [-0.39, 0.29) is 0 Å². The molecule has 0 aromatic rings. The molecule has 0 rings (SSSR count). The first-order valence-corrected chi connectivity index (χ1v) is 8.80. The van der Waals surface area contributed by atoms with Crippen molar-refractivity contribution in [1.29, 1.82) is 0 Å². The lowest BCUT2D eigenvalue weighted by Gasteiger charge is -2.37. The zero-order valence-corrected chi connectivity index (χ0v) is 18.0. The van der Waals surface area contributed by atoms with Crippen molar-refractivity contribution in [3.63, 3.8) is 0 Å². The first kappa shape index (κ1) is 27.3. The molecular weight excluding hydrogens is 408 g/mol. The second-order valence-electron chi connectivity index (χ2n) is 6.01. The Hall–Kier alpha value is -2.73. The highest BCUT2D eigenvalue weighted by molar-refractivity contribution is 5.69. The number of carbonyl (C=O) groups excluding carboxylic acids is 5. The monoisotopic (exact) mass is 436 g/mol. The summed E-state index contributed by atoms with van der Waals surface area (Å²) in [5.41, 5.74) is 0. The molecule has 0 aliphatic carbocycles. The third kappa shape index (κ3) is 10.2. The van der Waals surface area contributed by atoms with E-state index in [2.05, 4.69) is 0 Å². The summed E-state index contributed by atoms with van der Waals surface area (Å²) >= 11 is 0. The van der Waals surface area contributed by atoms with Crippen molar-refractivity contribution in [1.82, 2.24) is 0 Å². The number of hydrogen-bond donors (Lipinski definition) is 0. The van der Waals surface area contributed by atoms with E-state index >= 15 is 0 Å². The predicted molar refractivity (Wildman–Crippen MR) is 96.7 cm³/mol. The summed E-state index contributed by atoms with van der Waals surface area (Å²) in [6, 6.07) is 0. The van der Waals surface area contributed by atoms with E-state index in [4.69, 9.17) is 33.2 Å². The van der Waals surface area contributed by atoms with Crippen LogP contribution in [0.3, 0.4) is 0 Å². The molecule has 0 heterocycles. The van der Waals surface area contributed by atoms with Gasteiger partial charge in [-0.15, -0.1) is 0 Å². The highest BCUT2D eigenvalue weighted by atomic mass is 16.7. The first-order valence-electron chi connectivity index (χ1n) is 8.80. The van der Waals surface area contributed by atoms with Crippen LogP contribution in [0.25, 0.3) is 0 Å². The van der Waals surface area contributed by atoms with Gasteiger partial charge < -0.3 is 33.2 Å². The highest BCUT2D eigenvalue weighted by Gasteiger charge is 2.47. The molecule has 0 fully saturated rings. The van der Waals surface area contributed by atoms with Gasteiger partial charge in [0, 0.05) is 48.8 Å². The van der Waals surface area contributed by atoms with Gasteiger partial charge >= 0.3 is 29.8 Å². The molecule has 0 saturated carbocycles. The van der Waals surface area contributed by atoms with Gasteiger partial charge in [0.25, 0.3) is 0 Å². The molecule has 4 unspecified atom stereocenters. The summed E-state index contributed by atoms with van der Waals surface area (Å²) in [6.45, 7) is 4.85. The lowest BCUT2D eigenvalue weighted by atomic mass is 10.0. The third-order valence-corrected chi connectivity index (χ3v) is 3.42. The molecule has 0 saturated heterocycles. The maximum atomic E-state index is 11.8. The number of carbonyl (C=O) groups is 5. The maximum absolute atomic E-state index is 11.8. The topological polar surface area (TPSA) is 150 Å². The van der Waals surface area contributed by atoms with Crippen molar-refractivity contribution in [2.75, 3.05) is 20.8 Å². The lowest BCUT2D eigenvalue weighted by molar-refractivity contribution is -0.239. The Labute approximate surface area is 174 Å². The number of hydrogen-bond acceptors (Lipinski definition) is 12. The van der Waals surface area contributed by atoms with Crippen LogP contribution >= 0.6 is 0 Å². The van der Waals surface area contributed by atoms with Crippen molar-refractivity contribution < 1.29 is 57.1 Å². The third-order valence-electron chi connectivity index (χ3n) is 3.42. The molecule has 0 amide bonds. The van der Waals surface area contributed by atoms with E-state index < -0.39 is 67.2 Å². The quantitative estimate of drug-likeness (QED) is 0.228. The van der Waals surface area contributed by atoms with Gasteiger partial charge in [0.15, 0.2) is 30.7 Å². The summed E-state index contributed by atoms with van der Waals surface area (Å²) in [7, 11) is 2.47. The minimum atomic E-state index is -1.56. The van der Waals surface area contributed by atoms with Crippen LogP contribution in [0.4, 0.5) is 0 Å².